The number of carbonyl (C=O) groups is 1. The normalized spacial score (nSPS) is 32.0. The number of ether oxygens (including phenoxy) is 1. The topological polar surface area (TPSA) is 58.2 Å². The van der Waals surface area contributed by atoms with Crippen LogP contribution in [0.5, 0.6) is 0 Å². The summed E-state index contributed by atoms with van der Waals surface area (Å²) in [4.78, 5) is 15.0. The van der Waals surface area contributed by atoms with E-state index in [0.717, 1.165) is 49.8 Å². The molecule has 0 unspecified atom stereocenters. The van der Waals surface area contributed by atoms with E-state index in [4.69, 9.17) is 4.74 Å². The summed E-state index contributed by atoms with van der Waals surface area (Å²) < 4.78 is 6.43. The smallest absolute Gasteiger partial charge is 0.226 e. The minimum atomic E-state index is 0.137. The van der Waals surface area contributed by atoms with Crippen LogP contribution in [-0.2, 0) is 9.53 Å². The molecule has 5 nitrogen and oxygen atoms in total. The number of H-pyrrole nitrogens is 1. The summed E-state index contributed by atoms with van der Waals surface area (Å²) in [6, 6.07) is 2.20. The van der Waals surface area contributed by atoms with Crippen LogP contribution in [0.3, 0.4) is 0 Å². The Labute approximate surface area is 163 Å². The molecule has 0 spiro atoms. The molecule has 1 aliphatic heterocycles. The van der Waals surface area contributed by atoms with Gasteiger partial charge in [0.15, 0.2) is 0 Å². The maximum Gasteiger partial charge on any atom is 0.226 e. The zero-order chi connectivity index (χ0) is 18.8. The highest BCUT2D eigenvalue weighted by Crippen LogP contribution is 2.38. The monoisotopic (exact) mass is 373 g/mol. The summed E-state index contributed by atoms with van der Waals surface area (Å²) in [5, 5.41) is 7.40. The van der Waals surface area contributed by atoms with E-state index in [1.54, 1.807) is 0 Å². The first-order valence-corrected chi connectivity index (χ1v) is 11.0. The Kier molecular flexibility index (Phi) is 5.86. The predicted octanol–water partition coefficient (Wildman–Crippen LogP) is 4.13. The number of nitrogens with one attached hydrogen (secondary N) is 1. The Morgan fingerprint density at radius 1 is 1.22 bits per heavy atom. The van der Waals surface area contributed by atoms with Gasteiger partial charge in [0.2, 0.25) is 5.91 Å². The number of aromatic amines is 1. The SMILES string of the molecule is CC(C)[C@H]1CC[C@@H](OC[C@H]2[C@@H](c3cc[nH]n3)CCCN2C(=O)C2CC2)CC1. The molecule has 0 aromatic carbocycles. The summed E-state index contributed by atoms with van der Waals surface area (Å²) >= 11 is 0. The maximum atomic E-state index is 12.9. The van der Waals surface area contributed by atoms with Crippen molar-refractivity contribution < 1.29 is 9.53 Å². The minimum Gasteiger partial charge on any atom is -0.376 e. The second-order valence-electron chi connectivity index (χ2n) is 9.24. The molecule has 1 saturated heterocycles. The van der Waals surface area contributed by atoms with Gasteiger partial charge in [-0.05, 0) is 69.3 Å². The van der Waals surface area contributed by atoms with Crippen molar-refractivity contribution in [2.45, 2.75) is 83.3 Å². The van der Waals surface area contributed by atoms with E-state index in [1.807, 2.05) is 6.20 Å². The standard InChI is InChI=1S/C22H35N3O2/c1-15(2)16-7-9-18(10-8-16)27-14-21-19(20-11-12-23-24-20)4-3-13-25(21)22(26)17-5-6-17/h11-12,15-19,21H,3-10,13-14H2,1-2H3,(H,23,24)/t16-,18+,19-,21+/m1/s1. The van der Waals surface area contributed by atoms with Crippen LogP contribution in [-0.4, -0.2) is 46.3 Å². The molecule has 1 N–H and O–H groups in total. The summed E-state index contributed by atoms with van der Waals surface area (Å²) in [5.74, 6) is 2.54. The van der Waals surface area contributed by atoms with Crippen LogP contribution in [0.15, 0.2) is 12.3 Å². The molecule has 0 radical (unpaired) electrons. The molecule has 1 amide bonds. The van der Waals surface area contributed by atoms with E-state index in [9.17, 15) is 4.79 Å². The Balaban J connectivity index is 1.41. The first kappa shape index (κ1) is 19.0. The Bertz CT molecular complexity index is 603. The van der Waals surface area contributed by atoms with Crippen molar-refractivity contribution >= 4 is 5.91 Å². The van der Waals surface area contributed by atoms with Crippen molar-refractivity contribution in [1.82, 2.24) is 15.1 Å². The second kappa shape index (κ2) is 8.34. The Morgan fingerprint density at radius 3 is 2.63 bits per heavy atom. The third kappa shape index (κ3) is 4.39. The number of hydrogen-bond acceptors (Lipinski definition) is 3. The molecule has 3 fully saturated rings. The fourth-order valence-corrected chi connectivity index (χ4v) is 5.08. The van der Waals surface area contributed by atoms with Crippen molar-refractivity contribution in [1.29, 1.82) is 0 Å². The van der Waals surface area contributed by atoms with Gasteiger partial charge in [-0.2, -0.15) is 5.10 Å². The molecule has 2 heterocycles. The Hall–Kier alpha value is -1.36. The van der Waals surface area contributed by atoms with Crippen LogP contribution in [0.1, 0.15) is 76.8 Å². The summed E-state index contributed by atoms with van der Waals surface area (Å²) in [5.41, 5.74) is 1.08. The van der Waals surface area contributed by atoms with E-state index >= 15 is 0 Å². The van der Waals surface area contributed by atoms with Gasteiger partial charge >= 0.3 is 0 Å². The number of rotatable bonds is 6. The number of amides is 1. The molecule has 3 aliphatic rings. The average molecular weight is 374 g/mol. The average Bonchev–Trinajstić information content (AvgIpc) is 3.40. The molecule has 27 heavy (non-hydrogen) atoms. The molecule has 150 valence electrons. The molecule has 4 rings (SSSR count). The van der Waals surface area contributed by atoms with E-state index in [2.05, 4.69) is 35.0 Å². The third-order valence-corrected chi connectivity index (χ3v) is 7.06. The molecular weight excluding hydrogens is 338 g/mol. The fourth-order valence-electron chi connectivity index (χ4n) is 5.08. The van der Waals surface area contributed by atoms with Crippen LogP contribution in [0.25, 0.3) is 0 Å². The zero-order valence-corrected chi connectivity index (χ0v) is 16.9. The number of aromatic nitrogens is 2. The largest absolute Gasteiger partial charge is 0.376 e. The van der Waals surface area contributed by atoms with Gasteiger partial charge in [-0.15, -0.1) is 0 Å². The van der Waals surface area contributed by atoms with Crippen molar-refractivity contribution in [3.8, 4) is 0 Å². The lowest BCUT2D eigenvalue weighted by atomic mass is 9.80. The van der Waals surface area contributed by atoms with Crippen LogP contribution < -0.4 is 0 Å². The van der Waals surface area contributed by atoms with Crippen molar-refractivity contribution in [3.63, 3.8) is 0 Å². The predicted molar refractivity (Wildman–Crippen MR) is 105 cm³/mol. The van der Waals surface area contributed by atoms with Gasteiger partial charge in [-0.1, -0.05) is 13.8 Å². The second-order valence-corrected chi connectivity index (χ2v) is 9.24. The van der Waals surface area contributed by atoms with E-state index < -0.39 is 0 Å². The van der Waals surface area contributed by atoms with Crippen LogP contribution >= 0.6 is 0 Å². The Morgan fingerprint density at radius 2 is 2.00 bits per heavy atom. The van der Waals surface area contributed by atoms with Gasteiger partial charge in [0, 0.05) is 24.6 Å². The third-order valence-electron chi connectivity index (χ3n) is 7.06. The molecule has 2 saturated carbocycles. The number of hydrogen-bond donors (Lipinski definition) is 1. The number of nitrogens with zero attached hydrogens (tertiary/aromatic N) is 2. The highest BCUT2D eigenvalue weighted by atomic mass is 16.5. The maximum absolute atomic E-state index is 12.9. The van der Waals surface area contributed by atoms with Gasteiger partial charge in [0.1, 0.15) is 0 Å². The van der Waals surface area contributed by atoms with Gasteiger partial charge in [-0.25, -0.2) is 0 Å². The van der Waals surface area contributed by atoms with Crippen LogP contribution in [0.2, 0.25) is 0 Å². The van der Waals surface area contributed by atoms with E-state index in [1.165, 1.54) is 25.7 Å². The molecule has 2 aliphatic carbocycles. The summed E-state index contributed by atoms with van der Waals surface area (Å²) in [6.07, 6.45) is 11.4. The summed E-state index contributed by atoms with van der Waals surface area (Å²) in [6.45, 7) is 6.21. The highest BCUT2D eigenvalue weighted by molar-refractivity contribution is 5.81. The molecule has 1 aromatic rings. The van der Waals surface area contributed by atoms with E-state index in [0.29, 0.717) is 24.5 Å². The minimum absolute atomic E-state index is 0.137. The quantitative estimate of drug-likeness (QED) is 0.816. The van der Waals surface area contributed by atoms with Crippen molar-refractivity contribution in [3.05, 3.63) is 18.0 Å². The van der Waals surface area contributed by atoms with Crippen molar-refractivity contribution in [2.75, 3.05) is 13.2 Å². The lowest BCUT2D eigenvalue weighted by molar-refractivity contribution is -0.140. The highest BCUT2D eigenvalue weighted by Gasteiger charge is 2.42. The fraction of sp³-hybridized carbons (Fsp3) is 0.818. The lowest BCUT2D eigenvalue weighted by Crippen LogP contribution is -2.51. The molecule has 5 heteroatoms. The number of piperidine rings is 1. The van der Waals surface area contributed by atoms with Crippen LogP contribution in [0.4, 0.5) is 0 Å². The van der Waals surface area contributed by atoms with Gasteiger partial charge in [-0.3, -0.25) is 9.89 Å². The van der Waals surface area contributed by atoms with Crippen molar-refractivity contribution in [2.24, 2.45) is 17.8 Å². The first-order chi connectivity index (χ1) is 13.1. The molecule has 0 bridgehead atoms. The molecule has 1 aromatic heterocycles. The number of likely N-dealkylation sites (tertiary alicyclic amines) is 1. The van der Waals surface area contributed by atoms with E-state index in [-0.39, 0.29) is 12.0 Å². The number of carbonyl (C=O) groups excluding carboxylic acids is 1. The lowest BCUT2D eigenvalue weighted by Gasteiger charge is -2.42. The first-order valence-electron chi connectivity index (χ1n) is 11.0. The van der Waals surface area contributed by atoms with Gasteiger partial charge in [0.25, 0.3) is 0 Å². The molecular formula is C22H35N3O2. The van der Waals surface area contributed by atoms with Crippen LogP contribution in [0, 0.1) is 17.8 Å². The van der Waals surface area contributed by atoms with Gasteiger partial charge < -0.3 is 9.64 Å². The van der Waals surface area contributed by atoms with Gasteiger partial charge in [0.05, 0.1) is 24.4 Å². The zero-order valence-electron chi connectivity index (χ0n) is 16.9. The summed E-state index contributed by atoms with van der Waals surface area (Å²) in [7, 11) is 0. The molecule has 2 atom stereocenters.